The van der Waals surface area contributed by atoms with Crippen LogP contribution in [0.1, 0.15) is 45.2 Å². The summed E-state index contributed by atoms with van der Waals surface area (Å²) in [6.07, 6.45) is 2.19. The summed E-state index contributed by atoms with van der Waals surface area (Å²) in [5, 5.41) is 4.64. The Bertz CT molecular complexity index is 409. The molecular weight excluding hydrogens is 281 g/mol. The zero-order valence-electron chi connectivity index (χ0n) is 12.1. The van der Waals surface area contributed by atoms with E-state index < -0.39 is 0 Å². The van der Waals surface area contributed by atoms with Crippen LogP contribution in [0.15, 0.2) is 12.1 Å². The van der Waals surface area contributed by atoms with E-state index in [1.165, 1.54) is 0 Å². The Hall–Kier alpha value is -0.440. The third kappa shape index (κ3) is 4.55. The Morgan fingerprint density at radius 3 is 2.42 bits per heavy atom. The average molecular weight is 304 g/mol. The van der Waals surface area contributed by atoms with Gasteiger partial charge in [0.05, 0.1) is 11.6 Å². The highest BCUT2D eigenvalue weighted by molar-refractivity contribution is 6.34. The van der Waals surface area contributed by atoms with Crippen LogP contribution in [0.4, 0.5) is 0 Å². The van der Waals surface area contributed by atoms with Crippen molar-refractivity contribution in [3.63, 3.8) is 0 Å². The van der Waals surface area contributed by atoms with Crippen LogP contribution in [0.25, 0.3) is 0 Å². The second-order valence-electron chi connectivity index (χ2n) is 4.83. The van der Waals surface area contributed by atoms with Crippen LogP contribution in [0, 0.1) is 5.92 Å². The molecule has 108 valence electrons. The van der Waals surface area contributed by atoms with Crippen molar-refractivity contribution in [3.8, 4) is 5.75 Å². The number of nitrogens with one attached hydrogen (secondary N) is 1. The molecule has 0 saturated carbocycles. The van der Waals surface area contributed by atoms with Gasteiger partial charge in [0.1, 0.15) is 5.75 Å². The van der Waals surface area contributed by atoms with E-state index in [1.54, 1.807) is 0 Å². The molecule has 0 amide bonds. The number of rotatable bonds is 7. The van der Waals surface area contributed by atoms with Gasteiger partial charge in [-0.3, -0.25) is 0 Å². The average Bonchev–Trinajstić information content (AvgIpc) is 2.40. The summed E-state index contributed by atoms with van der Waals surface area (Å²) in [4.78, 5) is 0. The van der Waals surface area contributed by atoms with Gasteiger partial charge in [-0.15, -0.1) is 0 Å². The van der Waals surface area contributed by atoms with Gasteiger partial charge in [0.15, 0.2) is 0 Å². The topological polar surface area (TPSA) is 21.3 Å². The minimum atomic E-state index is 0.218. The van der Waals surface area contributed by atoms with Gasteiger partial charge in [-0.05, 0) is 37.9 Å². The lowest BCUT2D eigenvalue weighted by molar-refractivity contribution is 0.340. The molecule has 0 aliphatic carbocycles. The summed E-state index contributed by atoms with van der Waals surface area (Å²) in [6, 6.07) is 3.94. The molecule has 0 aliphatic rings. The van der Waals surface area contributed by atoms with Crippen molar-refractivity contribution in [2.45, 2.75) is 39.7 Å². The smallest absolute Gasteiger partial charge is 0.139 e. The summed E-state index contributed by atoms with van der Waals surface area (Å²) < 4.78 is 5.45. The summed E-state index contributed by atoms with van der Waals surface area (Å²) in [7, 11) is 1.95. The lowest BCUT2D eigenvalue weighted by Crippen LogP contribution is -2.19. The number of halogens is 2. The molecule has 2 unspecified atom stereocenters. The van der Waals surface area contributed by atoms with E-state index in [0.29, 0.717) is 28.3 Å². The molecule has 1 aromatic carbocycles. The predicted molar refractivity (Wildman–Crippen MR) is 83.5 cm³/mol. The molecule has 2 nitrogen and oxygen atoms in total. The highest BCUT2D eigenvalue weighted by Gasteiger charge is 2.18. The normalized spacial score (nSPS) is 14.2. The van der Waals surface area contributed by atoms with Crippen molar-refractivity contribution >= 4 is 23.2 Å². The lowest BCUT2D eigenvalue weighted by Gasteiger charge is -2.22. The molecule has 1 N–H and O–H groups in total. The van der Waals surface area contributed by atoms with E-state index >= 15 is 0 Å². The number of hydrogen-bond donors (Lipinski definition) is 1. The Labute approximate surface area is 126 Å². The van der Waals surface area contributed by atoms with Gasteiger partial charge in [-0.1, -0.05) is 43.5 Å². The Balaban J connectivity index is 3.01. The summed E-state index contributed by atoms with van der Waals surface area (Å²) >= 11 is 12.6. The van der Waals surface area contributed by atoms with Crippen LogP contribution in [-0.2, 0) is 0 Å². The van der Waals surface area contributed by atoms with Gasteiger partial charge in [0, 0.05) is 17.1 Å². The minimum Gasteiger partial charge on any atom is -0.492 e. The van der Waals surface area contributed by atoms with Crippen molar-refractivity contribution in [2.75, 3.05) is 13.7 Å². The second kappa shape index (κ2) is 7.98. The highest BCUT2D eigenvalue weighted by atomic mass is 35.5. The van der Waals surface area contributed by atoms with Crippen LogP contribution in [0.2, 0.25) is 10.0 Å². The molecule has 0 aliphatic heterocycles. The molecule has 1 rings (SSSR count). The Kier molecular flexibility index (Phi) is 6.98. The summed E-state index contributed by atoms with van der Waals surface area (Å²) in [5.74, 6) is 1.29. The van der Waals surface area contributed by atoms with E-state index in [1.807, 2.05) is 26.1 Å². The molecule has 0 spiro atoms. The zero-order chi connectivity index (χ0) is 14.4. The van der Waals surface area contributed by atoms with Gasteiger partial charge in [0.2, 0.25) is 0 Å². The molecule has 0 fully saturated rings. The monoisotopic (exact) mass is 303 g/mol. The first-order valence-corrected chi connectivity index (χ1v) is 7.58. The van der Waals surface area contributed by atoms with E-state index in [4.69, 9.17) is 27.9 Å². The maximum atomic E-state index is 6.36. The molecule has 0 saturated heterocycles. The molecule has 19 heavy (non-hydrogen) atoms. The van der Waals surface area contributed by atoms with E-state index in [2.05, 4.69) is 19.2 Å². The molecule has 0 radical (unpaired) electrons. The van der Waals surface area contributed by atoms with Gasteiger partial charge in [-0.2, -0.15) is 0 Å². The summed E-state index contributed by atoms with van der Waals surface area (Å²) in [6.45, 7) is 6.95. The van der Waals surface area contributed by atoms with Crippen LogP contribution < -0.4 is 10.1 Å². The van der Waals surface area contributed by atoms with Crippen molar-refractivity contribution in [1.82, 2.24) is 5.32 Å². The third-order valence-corrected chi connectivity index (χ3v) is 4.03. The molecule has 0 aromatic heterocycles. The molecule has 1 aromatic rings. The first-order valence-electron chi connectivity index (χ1n) is 6.82. The maximum absolute atomic E-state index is 6.36. The van der Waals surface area contributed by atoms with E-state index in [9.17, 15) is 0 Å². The number of hydrogen-bond acceptors (Lipinski definition) is 2. The fourth-order valence-electron chi connectivity index (χ4n) is 2.05. The predicted octanol–water partition coefficient (Wildman–Crippen LogP) is 5.09. The van der Waals surface area contributed by atoms with Crippen molar-refractivity contribution in [1.29, 1.82) is 0 Å². The Morgan fingerprint density at radius 2 is 1.89 bits per heavy atom. The lowest BCUT2D eigenvalue weighted by atomic mass is 9.94. The Morgan fingerprint density at radius 1 is 1.21 bits per heavy atom. The molecule has 4 heteroatoms. The second-order valence-corrected chi connectivity index (χ2v) is 5.64. The fourth-order valence-corrected chi connectivity index (χ4v) is 2.56. The first kappa shape index (κ1) is 16.6. The van der Waals surface area contributed by atoms with Gasteiger partial charge in [-0.25, -0.2) is 0 Å². The minimum absolute atomic E-state index is 0.218. The summed E-state index contributed by atoms with van der Waals surface area (Å²) in [5.41, 5.74) is 1.04. The van der Waals surface area contributed by atoms with Crippen molar-refractivity contribution in [2.24, 2.45) is 5.92 Å². The third-order valence-electron chi connectivity index (χ3n) is 3.41. The van der Waals surface area contributed by atoms with Crippen molar-refractivity contribution in [3.05, 3.63) is 27.7 Å². The van der Waals surface area contributed by atoms with Gasteiger partial charge >= 0.3 is 0 Å². The van der Waals surface area contributed by atoms with Gasteiger partial charge in [0.25, 0.3) is 0 Å². The number of benzene rings is 1. The van der Waals surface area contributed by atoms with Crippen LogP contribution >= 0.6 is 23.2 Å². The first-order chi connectivity index (χ1) is 9.03. The van der Waals surface area contributed by atoms with E-state index in [0.717, 1.165) is 18.4 Å². The number of ether oxygens (including phenoxy) is 1. The largest absolute Gasteiger partial charge is 0.492 e. The van der Waals surface area contributed by atoms with Gasteiger partial charge < -0.3 is 10.1 Å². The molecule has 2 atom stereocenters. The zero-order valence-corrected chi connectivity index (χ0v) is 13.6. The van der Waals surface area contributed by atoms with Crippen molar-refractivity contribution < 1.29 is 4.74 Å². The van der Waals surface area contributed by atoms with Crippen LogP contribution in [0.5, 0.6) is 5.75 Å². The maximum Gasteiger partial charge on any atom is 0.139 e. The quantitative estimate of drug-likeness (QED) is 0.757. The molecule has 0 bridgehead atoms. The highest BCUT2D eigenvalue weighted by Crippen LogP contribution is 2.36. The fraction of sp³-hybridized carbons (Fsp3) is 0.600. The SMILES string of the molecule is CCOc1cc(Cl)c(C(CC(C)CC)NC)cc1Cl. The van der Waals surface area contributed by atoms with Crippen LogP contribution in [-0.4, -0.2) is 13.7 Å². The standard InChI is InChI=1S/C15H23Cl2NO/c1-5-10(3)7-14(18-4)11-8-13(17)15(19-6-2)9-12(11)16/h8-10,14,18H,5-7H2,1-4H3. The molecule has 0 heterocycles. The van der Waals surface area contributed by atoms with E-state index in [-0.39, 0.29) is 6.04 Å². The van der Waals surface area contributed by atoms with Crippen LogP contribution in [0.3, 0.4) is 0 Å². The molecular formula is C15H23Cl2NO.